The van der Waals surface area contributed by atoms with Crippen molar-refractivity contribution in [3.63, 3.8) is 0 Å². The molecule has 24 heavy (non-hydrogen) atoms. The van der Waals surface area contributed by atoms with Crippen molar-refractivity contribution in [2.24, 2.45) is 23.2 Å². The van der Waals surface area contributed by atoms with Gasteiger partial charge in [0.2, 0.25) is 0 Å². The second kappa shape index (κ2) is 8.02. The van der Waals surface area contributed by atoms with E-state index in [9.17, 15) is 4.79 Å². The molecule has 1 nitrogen and oxygen atoms in total. The molecule has 0 bridgehead atoms. The maximum absolute atomic E-state index is 10.8. The van der Waals surface area contributed by atoms with Gasteiger partial charge in [-0.2, -0.15) is 0 Å². The van der Waals surface area contributed by atoms with E-state index < -0.39 is 0 Å². The van der Waals surface area contributed by atoms with E-state index in [1.807, 2.05) is 0 Å². The highest BCUT2D eigenvalue weighted by atomic mass is 16.1. The summed E-state index contributed by atoms with van der Waals surface area (Å²) in [5, 5.41) is 0. The number of fused-ring (bicyclic) bond motifs is 1. The van der Waals surface area contributed by atoms with E-state index >= 15 is 0 Å². The number of carbonyl (C=O) groups excluding carboxylic acids is 1. The molecule has 0 N–H and O–H groups in total. The first-order valence-electron chi connectivity index (χ1n) is 10.5. The number of aldehydes is 1. The van der Waals surface area contributed by atoms with Crippen LogP contribution in [0.4, 0.5) is 0 Å². The van der Waals surface area contributed by atoms with Crippen molar-refractivity contribution in [2.75, 3.05) is 0 Å². The lowest BCUT2D eigenvalue weighted by Crippen LogP contribution is -2.36. The second-order valence-corrected chi connectivity index (χ2v) is 8.94. The van der Waals surface area contributed by atoms with Crippen molar-refractivity contribution in [2.45, 2.75) is 90.9 Å². The van der Waals surface area contributed by atoms with Crippen molar-refractivity contribution < 1.29 is 4.79 Å². The second-order valence-electron chi connectivity index (χ2n) is 8.94. The zero-order valence-electron chi connectivity index (χ0n) is 15.9. The molecular weight excluding hydrogens is 292 g/mol. The van der Waals surface area contributed by atoms with E-state index in [0.717, 1.165) is 31.0 Å². The fraction of sp³-hybridized carbons (Fsp3) is 0.783. The Morgan fingerprint density at radius 1 is 1.08 bits per heavy atom. The minimum absolute atomic E-state index is 0.484. The molecular formula is C23H36O. The van der Waals surface area contributed by atoms with Gasteiger partial charge >= 0.3 is 0 Å². The monoisotopic (exact) mass is 328 g/mol. The van der Waals surface area contributed by atoms with E-state index in [-0.39, 0.29) is 0 Å². The quantitative estimate of drug-likeness (QED) is 0.517. The van der Waals surface area contributed by atoms with Gasteiger partial charge in [-0.25, -0.2) is 0 Å². The highest BCUT2D eigenvalue weighted by molar-refractivity contribution is 5.49. The first-order chi connectivity index (χ1) is 11.6. The molecule has 4 atom stereocenters. The zero-order valence-corrected chi connectivity index (χ0v) is 15.9. The Morgan fingerprint density at radius 3 is 2.62 bits per heavy atom. The van der Waals surface area contributed by atoms with Crippen LogP contribution in [0.3, 0.4) is 0 Å². The minimum Gasteiger partial charge on any atom is -0.303 e. The first kappa shape index (κ1) is 18.0. The fourth-order valence-corrected chi connectivity index (χ4v) is 6.14. The number of rotatable bonds is 5. The van der Waals surface area contributed by atoms with Crippen LogP contribution in [0.25, 0.3) is 0 Å². The van der Waals surface area contributed by atoms with Crippen molar-refractivity contribution >= 4 is 6.29 Å². The van der Waals surface area contributed by atoms with Crippen LogP contribution in [-0.4, -0.2) is 6.29 Å². The van der Waals surface area contributed by atoms with Gasteiger partial charge < -0.3 is 4.79 Å². The van der Waals surface area contributed by atoms with Crippen LogP contribution in [0, 0.1) is 23.2 Å². The molecule has 0 aromatic carbocycles. The van der Waals surface area contributed by atoms with Crippen molar-refractivity contribution in [3.05, 3.63) is 23.3 Å². The molecule has 0 heterocycles. The molecule has 0 radical (unpaired) electrons. The smallest absolute Gasteiger partial charge is 0.120 e. The number of hydrogen-bond acceptors (Lipinski definition) is 1. The maximum Gasteiger partial charge on any atom is 0.120 e. The van der Waals surface area contributed by atoms with Crippen LogP contribution in [0.5, 0.6) is 0 Å². The zero-order chi connectivity index (χ0) is 17.0. The number of hydrogen-bond donors (Lipinski definition) is 0. The SMILES string of the molecule is C[C@H](CCC=O)[C@H]1CC[C@H]2C(=CC=C3CCCCC3)CCC[C@]12C. The lowest BCUT2D eigenvalue weighted by molar-refractivity contribution is -0.108. The lowest BCUT2D eigenvalue weighted by Gasteiger charge is -2.44. The molecule has 3 fully saturated rings. The van der Waals surface area contributed by atoms with Gasteiger partial charge in [-0.05, 0) is 87.4 Å². The van der Waals surface area contributed by atoms with Crippen LogP contribution in [-0.2, 0) is 4.79 Å². The average Bonchev–Trinajstić information content (AvgIpc) is 2.96. The standard InChI is InChI=1S/C23H36O/c1-18(8-7-17-24)21-14-15-22-20(11-6-16-23(21,22)2)13-12-19-9-4-3-5-10-19/h12-13,17-18,21-22H,3-11,14-16H2,1-2H3/t18-,21-,22+,23-/m1/s1. The molecule has 0 aromatic rings. The molecule has 0 spiro atoms. The van der Waals surface area contributed by atoms with Gasteiger partial charge in [-0.1, -0.05) is 43.6 Å². The Labute approximate surface area is 149 Å². The van der Waals surface area contributed by atoms with Crippen molar-refractivity contribution in [1.29, 1.82) is 0 Å². The predicted octanol–water partition coefficient (Wildman–Crippen LogP) is 6.63. The summed E-state index contributed by atoms with van der Waals surface area (Å²) in [5.74, 6) is 2.31. The largest absolute Gasteiger partial charge is 0.303 e. The van der Waals surface area contributed by atoms with E-state index in [0.29, 0.717) is 11.3 Å². The third kappa shape index (κ3) is 3.70. The van der Waals surface area contributed by atoms with Crippen LogP contribution in [0.1, 0.15) is 90.9 Å². The summed E-state index contributed by atoms with van der Waals surface area (Å²) >= 11 is 0. The van der Waals surface area contributed by atoms with E-state index in [1.165, 1.54) is 64.2 Å². The molecule has 0 saturated heterocycles. The molecule has 134 valence electrons. The Hall–Kier alpha value is -0.850. The molecule has 3 aliphatic rings. The average molecular weight is 329 g/mol. The first-order valence-corrected chi connectivity index (χ1v) is 10.5. The van der Waals surface area contributed by atoms with Gasteiger partial charge in [0.25, 0.3) is 0 Å². The Balaban J connectivity index is 1.72. The van der Waals surface area contributed by atoms with Crippen LogP contribution in [0.15, 0.2) is 23.3 Å². The minimum atomic E-state index is 0.484. The fourth-order valence-electron chi connectivity index (χ4n) is 6.14. The summed E-state index contributed by atoms with van der Waals surface area (Å²) < 4.78 is 0. The Kier molecular flexibility index (Phi) is 6.00. The van der Waals surface area contributed by atoms with Crippen molar-refractivity contribution in [1.82, 2.24) is 0 Å². The summed E-state index contributed by atoms with van der Waals surface area (Å²) in [6.07, 6.45) is 21.6. The summed E-state index contributed by atoms with van der Waals surface area (Å²) in [4.78, 5) is 10.8. The van der Waals surface area contributed by atoms with Gasteiger partial charge in [0.05, 0.1) is 0 Å². The molecule has 0 aromatic heterocycles. The van der Waals surface area contributed by atoms with E-state index in [2.05, 4.69) is 26.0 Å². The lowest BCUT2D eigenvalue weighted by atomic mass is 9.61. The van der Waals surface area contributed by atoms with Gasteiger partial charge in [0.15, 0.2) is 0 Å². The molecule has 0 aliphatic heterocycles. The molecule has 0 amide bonds. The Morgan fingerprint density at radius 2 is 1.88 bits per heavy atom. The maximum atomic E-state index is 10.8. The summed E-state index contributed by atoms with van der Waals surface area (Å²) in [6, 6.07) is 0. The molecule has 3 saturated carbocycles. The third-order valence-corrected chi connectivity index (χ3v) is 7.49. The van der Waals surface area contributed by atoms with E-state index in [1.54, 1.807) is 11.1 Å². The molecule has 3 rings (SSSR count). The topological polar surface area (TPSA) is 17.1 Å². The highest BCUT2D eigenvalue weighted by Crippen LogP contribution is 2.59. The van der Waals surface area contributed by atoms with Crippen LogP contribution >= 0.6 is 0 Å². The van der Waals surface area contributed by atoms with Crippen molar-refractivity contribution in [3.8, 4) is 0 Å². The normalized spacial score (nSPS) is 36.4. The highest BCUT2D eigenvalue weighted by Gasteiger charge is 2.50. The molecule has 3 aliphatic carbocycles. The number of carbonyl (C=O) groups is 1. The molecule has 0 unspecified atom stereocenters. The molecule has 1 heteroatoms. The summed E-state index contributed by atoms with van der Waals surface area (Å²) in [6.45, 7) is 4.96. The summed E-state index contributed by atoms with van der Waals surface area (Å²) in [7, 11) is 0. The van der Waals surface area contributed by atoms with Gasteiger partial charge in [0, 0.05) is 6.42 Å². The van der Waals surface area contributed by atoms with Crippen LogP contribution in [0.2, 0.25) is 0 Å². The third-order valence-electron chi connectivity index (χ3n) is 7.49. The summed E-state index contributed by atoms with van der Waals surface area (Å²) in [5.41, 5.74) is 3.92. The van der Waals surface area contributed by atoms with Gasteiger partial charge in [0.1, 0.15) is 6.29 Å². The Bertz CT molecular complexity index is 492. The number of allylic oxidation sites excluding steroid dienone is 4. The van der Waals surface area contributed by atoms with Gasteiger partial charge in [-0.3, -0.25) is 0 Å². The van der Waals surface area contributed by atoms with Gasteiger partial charge in [-0.15, -0.1) is 0 Å². The predicted molar refractivity (Wildman–Crippen MR) is 102 cm³/mol. The van der Waals surface area contributed by atoms with E-state index in [4.69, 9.17) is 0 Å². The van der Waals surface area contributed by atoms with Crippen LogP contribution < -0.4 is 0 Å².